The number of benzene rings is 2. The van der Waals surface area contributed by atoms with Crippen LogP contribution in [0.2, 0.25) is 10.0 Å². The molecule has 3 aromatic rings. The molecule has 1 aromatic heterocycles. The number of carbonyl (C=O) groups is 1. The highest BCUT2D eigenvalue weighted by Gasteiger charge is 2.20. The zero-order chi connectivity index (χ0) is 18.2. The third-order valence-electron chi connectivity index (χ3n) is 3.44. The minimum absolute atomic E-state index is 0.0509. The number of aromatic carboxylic acids is 1. The number of halogens is 2. The predicted molar refractivity (Wildman–Crippen MR) is 96.0 cm³/mol. The fourth-order valence-corrected chi connectivity index (χ4v) is 3.77. The number of hydrogen-bond donors (Lipinski definition) is 2. The van der Waals surface area contributed by atoms with Crippen molar-refractivity contribution in [2.24, 2.45) is 0 Å². The fraction of sp³-hybridized carbons (Fsp3) is 0. The van der Waals surface area contributed by atoms with E-state index in [1.54, 1.807) is 18.2 Å². The first kappa shape index (κ1) is 17.5. The molecule has 6 nitrogen and oxygen atoms in total. The van der Waals surface area contributed by atoms with E-state index in [9.17, 15) is 13.2 Å². The van der Waals surface area contributed by atoms with E-state index >= 15 is 0 Å². The molecule has 0 unspecified atom stereocenters. The van der Waals surface area contributed by atoms with Gasteiger partial charge in [-0.05, 0) is 42.5 Å². The molecule has 0 radical (unpaired) electrons. The summed E-state index contributed by atoms with van der Waals surface area (Å²) >= 11 is 11.9. The minimum Gasteiger partial charge on any atom is -0.478 e. The van der Waals surface area contributed by atoms with Crippen molar-refractivity contribution in [3.05, 3.63) is 64.3 Å². The molecule has 0 amide bonds. The van der Waals surface area contributed by atoms with E-state index in [1.807, 2.05) is 0 Å². The van der Waals surface area contributed by atoms with E-state index in [-0.39, 0.29) is 21.2 Å². The first-order chi connectivity index (χ1) is 11.8. The van der Waals surface area contributed by atoms with Crippen LogP contribution in [0, 0.1) is 0 Å². The second-order valence-corrected chi connectivity index (χ2v) is 7.54. The van der Waals surface area contributed by atoms with Crippen molar-refractivity contribution >= 4 is 55.8 Å². The predicted octanol–water partition coefficient (Wildman–Crippen LogP) is 4.04. The summed E-state index contributed by atoms with van der Waals surface area (Å²) in [5.74, 6) is -1.32. The van der Waals surface area contributed by atoms with Gasteiger partial charge in [0.25, 0.3) is 10.0 Å². The molecule has 2 N–H and O–H groups in total. The summed E-state index contributed by atoms with van der Waals surface area (Å²) in [6.07, 6.45) is 1.52. The Labute approximate surface area is 153 Å². The molecule has 0 bridgehead atoms. The molecule has 0 saturated carbocycles. The maximum absolute atomic E-state index is 12.6. The zero-order valence-electron chi connectivity index (χ0n) is 12.4. The SMILES string of the molecule is O=C(O)c1cc(S(=O)(=O)Nc2ccc(Cl)c3cccnc23)ccc1Cl. The lowest BCUT2D eigenvalue weighted by atomic mass is 10.2. The van der Waals surface area contributed by atoms with Crippen LogP contribution in [-0.2, 0) is 10.0 Å². The summed E-state index contributed by atoms with van der Waals surface area (Å²) in [5.41, 5.74) is 0.307. The maximum Gasteiger partial charge on any atom is 0.337 e. The highest BCUT2D eigenvalue weighted by molar-refractivity contribution is 7.92. The number of carboxylic acid groups (broad SMARTS) is 1. The van der Waals surface area contributed by atoms with E-state index < -0.39 is 16.0 Å². The number of fused-ring (bicyclic) bond motifs is 1. The van der Waals surface area contributed by atoms with Gasteiger partial charge in [-0.15, -0.1) is 0 Å². The quantitative estimate of drug-likeness (QED) is 0.693. The Balaban J connectivity index is 2.08. The molecule has 0 fully saturated rings. The third-order valence-corrected chi connectivity index (χ3v) is 5.46. The van der Waals surface area contributed by atoms with Crippen molar-refractivity contribution in [2.75, 3.05) is 4.72 Å². The van der Waals surface area contributed by atoms with Gasteiger partial charge < -0.3 is 5.11 Å². The highest BCUT2D eigenvalue weighted by Crippen LogP contribution is 2.30. The Hall–Kier alpha value is -2.35. The van der Waals surface area contributed by atoms with Gasteiger partial charge in [0.2, 0.25) is 0 Å². The van der Waals surface area contributed by atoms with Crippen molar-refractivity contribution in [3.63, 3.8) is 0 Å². The van der Waals surface area contributed by atoms with Crippen molar-refractivity contribution in [1.82, 2.24) is 4.98 Å². The number of anilines is 1. The van der Waals surface area contributed by atoms with E-state index in [4.69, 9.17) is 28.3 Å². The summed E-state index contributed by atoms with van der Waals surface area (Å²) in [6.45, 7) is 0. The number of pyridine rings is 1. The van der Waals surface area contributed by atoms with Gasteiger partial charge in [-0.1, -0.05) is 23.2 Å². The monoisotopic (exact) mass is 396 g/mol. The Morgan fingerprint density at radius 1 is 1.08 bits per heavy atom. The molecule has 25 heavy (non-hydrogen) atoms. The molecule has 128 valence electrons. The van der Waals surface area contributed by atoms with Crippen LogP contribution in [0.3, 0.4) is 0 Å². The molecular weight excluding hydrogens is 387 g/mol. The molecule has 0 aliphatic rings. The molecule has 9 heteroatoms. The Morgan fingerprint density at radius 3 is 2.52 bits per heavy atom. The maximum atomic E-state index is 12.6. The van der Waals surface area contributed by atoms with Crippen LogP contribution in [0.1, 0.15) is 10.4 Å². The molecule has 0 spiro atoms. The van der Waals surface area contributed by atoms with E-state index in [0.717, 1.165) is 6.07 Å². The van der Waals surface area contributed by atoms with Crippen molar-refractivity contribution in [1.29, 1.82) is 0 Å². The summed E-state index contributed by atoms with van der Waals surface area (Å²) in [6, 6.07) is 9.88. The first-order valence-corrected chi connectivity index (χ1v) is 9.12. The molecule has 1 heterocycles. The lowest BCUT2D eigenvalue weighted by Gasteiger charge is -2.11. The second-order valence-electron chi connectivity index (χ2n) is 5.05. The van der Waals surface area contributed by atoms with Crippen molar-refractivity contribution in [3.8, 4) is 0 Å². The Kier molecular flexibility index (Phi) is 4.55. The normalized spacial score (nSPS) is 11.4. The van der Waals surface area contributed by atoms with Crippen molar-refractivity contribution < 1.29 is 18.3 Å². The Bertz CT molecular complexity index is 1100. The van der Waals surface area contributed by atoms with E-state index in [0.29, 0.717) is 15.9 Å². The number of hydrogen-bond acceptors (Lipinski definition) is 4. The van der Waals surface area contributed by atoms with Gasteiger partial charge in [-0.2, -0.15) is 0 Å². The average Bonchev–Trinajstić information content (AvgIpc) is 2.57. The summed E-state index contributed by atoms with van der Waals surface area (Å²) in [5, 5.41) is 10.1. The van der Waals surface area contributed by atoms with Gasteiger partial charge in [-0.25, -0.2) is 13.2 Å². The van der Waals surface area contributed by atoms with Crippen LogP contribution in [0.15, 0.2) is 53.6 Å². The van der Waals surface area contributed by atoms with Crippen LogP contribution in [0.5, 0.6) is 0 Å². The molecule has 2 aromatic carbocycles. The van der Waals surface area contributed by atoms with E-state index in [1.165, 1.54) is 24.4 Å². The summed E-state index contributed by atoms with van der Waals surface area (Å²) < 4.78 is 27.6. The number of rotatable bonds is 4. The van der Waals surface area contributed by atoms with Crippen LogP contribution >= 0.6 is 23.2 Å². The molecule has 0 aliphatic carbocycles. The van der Waals surface area contributed by atoms with Crippen LogP contribution < -0.4 is 4.72 Å². The second kappa shape index (κ2) is 6.51. The van der Waals surface area contributed by atoms with Gasteiger partial charge in [0.05, 0.1) is 31.7 Å². The van der Waals surface area contributed by atoms with Gasteiger partial charge in [-0.3, -0.25) is 9.71 Å². The number of sulfonamides is 1. The number of aromatic nitrogens is 1. The van der Waals surface area contributed by atoms with Gasteiger partial charge in [0, 0.05) is 11.6 Å². The largest absolute Gasteiger partial charge is 0.478 e. The number of nitrogens with zero attached hydrogens (tertiary/aromatic N) is 1. The van der Waals surface area contributed by atoms with Gasteiger partial charge >= 0.3 is 5.97 Å². The average molecular weight is 397 g/mol. The van der Waals surface area contributed by atoms with Crippen molar-refractivity contribution in [2.45, 2.75) is 4.90 Å². The minimum atomic E-state index is -4.05. The highest BCUT2D eigenvalue weighted by atomic mass is 35.5. The van der Waals surface area contributed by atoms with Crippen LogP contribution in [-0.4, -0.2) is 24.5 Å². The standard InChI is InChI=1S/C16H10Cl2N2O4S/c17-12-5-6-14(15-10(12)2-1-7-19-15)20-25(23,24)9-3-4-13(18)11(8-9)16(21)22/h1-8,20H,(H,21,22). The van der Waals surface area contributed by atoms with Crippen LogP contribution in [0.25, 0.3) is 10.9 Å². The third kappa shape index (κ3) is 3.39. The number of carboxylic acids is 1. The molecule has 0 atom stereocenters. The molecule has 0 saturated heterocycles. The first-order valence-electron chi connectivity index (χ1n) is 6.88. The van der Waals surface area contributed by atoms with Crippen LogP contribution in [0.4, 0.5) is 5.69 Å². The number of nitrogens with one attached hydrogen (secondary N) is 1. The fourth-order valence-electron chi connectivity index (χ4n) is 2.26. The molecule has 0 aliphatic heterocycles. The topological polar surface area (TPSA) is 96.4 Å². The Morgan fingerprint density at radius 2 is 1.80 bits per heavy atom. The molecule has 3 rings (SSSR count). The summed E-state index contributed by atoms with van der Waals surface area (Å²) in [4.78, 5) is 15.1. The lowest BCUT2D eigenvalue weighted by molar-refractivity contribution is 0.0697. The molecular formula is C16H10Cl2N2O4S. The van der Waals surface area contributed by atoms with Gasteiger partial charge in [0.1, 0.15) is 0 Å². The smallest absolute Gasteiger partial charge is 0.337 e. The van der Waals surface area contributed by atoms with Gasteiger partial charge in [0.15, 0.2) is 0 Å². The lowest BCUT2D eigenvalue weighted by Crippen LogP contribution is -2.14. The van der Waals surface area contributed by atoms with E-state index in [2.05, 4.69) is 9.71 Å². The zero-order valence-corrected chi connectivity index (χ0v) is 14.7. The summed E-state index contributed by atoms with van der Waals surface area (Å²) in [7, 11) is -4.05.